The lowest BCUT2D eigenvalue weighted by Crippen LogP contribution is -2.31. The molecule has 0 spiro atoms. The van der Waals surface area contributed by atoms with E-state index in [1.807, 2.05) is 29.9 Å². The zero-order chi connectivity index (χ0) is 24.5. The Kier molecular flexibility index (Phi) is 6.04. The summed E-state index contributed by atoms with van der Waals surface area (Å²) < 4.78 is 8.68. The number of hydrogen-bond acceptors (Lipinski definition) is 8. The predicted octanol–water partition coefficient (Wildman–Crippen LogP) is 2.72. The molecule has 0 aliphatic carbocycles. The minimum absolute atomic E-state index is 0.233. The lowest BCUT2D eigenvalue weighted by Gasteiger charge is -2.28. The number of nitrogens with zero attached hydrogens (tertiary/aromatic N) is 7. The third kappa shape index (κ3) is 4.52. The number of nitrogens with two attached hydrogens (primary N) is 1. The van der Waals surface area contributed by atoms with Crippen LogP contribution in [0, 0.1) is 6.92 Å². The molecule has 4 heterocycles. The smallest absolute Gasteiger partial charge is 0.271 e. The van der Waals surface area contributed by atoms with E-state index in [9.17, 15) is 4.79 Å². The van der Waals surface area contributed by atoms with Gasteiger partial charge in [0.05, 0.1) is 36.9 Å². The van der Waals surface area contributed by atoms with E-state index >= 15 is 0 Å². The van der Waals surface area contributed by atoms with E-state index in [1.165, 1.54) is 10.7 Å². The van der Waals surface area contributed by atoms with Gasteiger partial charge in [-0.2, -0.15) is 14.9 Å². The van der Waals surface area contributed by atoms with Crippen LogP contribution in [0.4, 0.5) is 5.82 Å². The number of ether oxygens (including phenoxy) is 1. The summed E-state index contributed by atoms with van der Waals surface area (Å²) in [7, 11) is 3.72. The minimum Gasteiger partial charge on any atom is -0.497 e. The van der Waals surface area contributed by atoms with E-state index in [1.54, 1.807) is 31.6 Å². The van der Waals surface area contributed by atoms with Gasteiger partial charge in [0, 0.05) is 23.9 Å². The van der Waals surface area contributed by atoms with Gasteiger partial charge in [0.2, 0.25) is 0 Å². The van der Waals surface area contributed by atoms with Crippen molar-refractivity contribution in [2.75, 3.05) is 33.0 Å². The van der Waals surface area contributed by atoms with E-state index in [-0.39, 0.29) is 11.4 Å². The van der Waals surface area contributed by atoms with E-state index in [0.29, 0.717) is 34.6 Å². The SMILES string of the molecule is COc1ccc(C)c(-n2nc(-c3nc(-c4cnn(C5CCN(C)CC5)c4)cnc3N)ccc2=O)c1. The molecule has 180 valence electrons. The molecule has 1 aliphatic heterocycles. The number of anilines is 1. The highest BCUT2D eigenvalue weighted by molar-refractivity contribution is 5.70. The Labute approximate surface area is 203 Å². The number of rotatable bonds is 5. The van der Waals surface area contributed by atoms with Gasteiger partial charge in [-0.1, -0.05) is 6.07 Å². The van der Waals surface area contributed by atoms with Gasteiger partial charge in [0.25, 0.3) is 5.56 Å². The third-order valence-electron chi connectivity index (χ3n) is 6.45. The highest BCUT2D eigenvalue weighted by Gasteiger charge is 2.20. The van der Waals surface area contributed by atoms with Crippen molar-refractivity contribution in [3.05, 3.63) is 64.8 Å². The number of aryl methyl sites for hydroxylation is 1. The topological polar surface area (TPSA) is 117 Å². The molecule has 1 fully saturated rings. The Morgan fingerprint density at radius 3 is 2.66 bits per heavy atom. The number of hydrogen-bond donors (Lipinski definition) is 1. The summed E-state index contributed by atoms with van der Waals surface area (Å²) in [5.74, 6) is 0.865. The fourth-order valence-electron chi connectivity index (χ4n) is 4.31. The van der Waals surface area contributed by atoms with Crippen LogP contribution < -0.4 is 16.0 Å². The van der Waals surface area contributed by atoms with Crippen LogP contribution in [0.25, 0.3) is 28.3 Å². The molecular formula is C25H28N8O2. The molecule has 0 unspecified atom stereocenters. The lowest BCUT2D eigenvalue weighted by atomic mass is 10.1. The molecule has 3 aromatic heterocycles. The normalized spacial score (nSPS) is 14.8. The Hall–Kier alpha value is -4.05. The van der Waals surface area contributed by atoms with Crippen molar-refractivity contribution >= 4 is 5.82 Å². The predicted molar refractivity (Wildman–Crippen MR) is 134 cm³/mol. The van der Waals surface area contributed by atoms with E-state index in [2.05, 4.69) is 27.1 Å². The molecule has 5 rings (SSSR count). The van der Waals surface area contributed by atoms with Gasteiger partial charge in [-0.15, -0.1) is 0 Å². The zero-order valence-corrected chi connectivity index (χ0v) is 20.0. The van der Waals surface area contributed by atoms with Gasteiger partial charge in [-0.3, -0.25) is 9.48 Å². The number of methoxy groups -OCH3 is 1. The van der Waals surface area contributed by atoms with Gasteiger partial charge in [0.15, 0.2) is 5.82 Å². The number of piperidine rings is 1. The standard InChI is InChI=1S/C25H28N8O2/c1-16-4-5-19(35-3)12-22(16)33-23(34)7-6-20(30-33)24-25(26)27-14-21(29-24)17-13-28-32(15-17)18-8-10-31(2)11-9-18/h4-7,12-15,18H,8-11H2,1-3H3,(H2,26,27). The summed E-state index contributed by atoms with van der Waals surface area (Å²) in [6, 6.07) is 8.93. The average Bonchev–Trinajstić information content (AvgIpc) is 3.36. The van der Waals surface area contributed by atoms with Crippen molar-refractivity contribution in [1.29, 1.82) is 0 Å². The molecule has 2 N–H and O–H groups in total. The van der Waals surface area contributed by atoms with Gasteiger partial charge in [0.1, 0.15) is 17.1 Å². The molecule has 35 heavy (non-hydrogen) atoms. The van der Waals surface area contributed by atoms with Gasteiger partial charge in [-0.05, 0) is 57.6 Å². The molecule has 1 aromatic carbocycles. The van der Waals surface area contributed by atoms with Gasteiger partial charge in [-0.25, -0.2) is 9.97 Å². The third-order valence-corrected chi connectivity index (χ3v) is 6.45. The second-order valence-electron chi connectivity index (χ2n) is 8.85. The molecule has 1 aliphatic rings. The van der Waals surface area contributed by atoms with Crippen LogP contribution in [0.2, 0.25) is 0 Å². The van der Waals surface area contributed by atoms with Crippen LogP contribution in [0.15, 0.2) is 53.7 Å². The van der Waals surface area contributed by atoms with Crippen LogP contribution in [0.3, 0.4) is 0 Å². The maximum Gasteiger partial charge on any atom is 0.271 e. The second kappa shape index (κ2) is 9.30. The highest BCUT2D eigenvalue weighted by atomic mass is 16.5. The van der Waals surface area contributed by atoms with Gasteiger partial charge >= 0.3 is 0 Å². The fourth-order valence-corrected chi connectivity index (χ4v) is 4.31. The average molecular weight is 473 g/mol. The zero-order valence-electron chi connectivity index (χ0n) is 20.0. The van der Waals surface area contributed by atoms with Crippen molar-refractivity contribution in [2.24, 2.45) is 0 Å². The summed E-state index contributed by atoms with van der Waals surface area (Å²) in [4.78, 5) is 24.1. The molecular weight excluding hydrogens is 444 g/mol. The number of nitrogen functional groups attached to an aromatic ring is 1. The summed E-state index contributed by atoms with van der Waals surface area (Å²) in [5, 5.41) is 9.15. The lowest BCUT2D eigenvalue weighted by molar-refractivity contribution is 0.212. The molecule has 1 saturated heterocycles. The molecule has 0 bridgehead atoms. The molecule has 0 atom stereocenters. The molecule has 0 radical (unpaired) electrons. The monoisotopic (exact) mass is 472 g/mol. The molecule has 0 saturated carbocycles. The van der Waals surface area contributed by atoms with Crippen LogP contribution in [-0.4, -0.2) is 61.7 Å². The van der Waals surface area contributed by atoms with Crippen LogP contribution in [0.1, 0.15) is 24.4 Å². The number of benzene rings is 1. The first-order valence-corrected chi connectivity index (χ1v) is 11.5. The second-order valence-corrected chi connectivity index (χ2v) is 8.85. The summed E-state index contributed by atoms with van der Waals surface area (Å²) in [6.45, 7) is 4.02. The van der Waals surface area contributed by atoms with Crippen molar-refractivity contribution < 1.29 is 4.74 Å². The van der Waals surface area contributed by atoms with Crippen LogP contribution in [-0.2, 0) is 0 Å². The number of aromatic nitrogens is 6. The Balaban J connectivity index is 1.51. The van der Waals surface area contributed by atoms with Crippen LogP contribution in [0.5, 0.6) is 5.75 Å². The maximum absolute atomic E-state index is 12.7. The van der Waals surface area contributed by atoms with E-state index in [0.717, 1.165) is 37.1 Å². The Morgan fingerprint density at radius 1 is 1.09 bits per heavy atom. The maximum atomic E-state index is 12.7. The van der Waals surface area contributed by atoms with Gasteiger partial charge < -0.3 is 15.4 Å². The van der Waals surface area contributed by atoms with Crippen molar-refractivity contribution in [3.63, 3.8) is 0 Å². The minimum atomic E-state index is -0.271. The van der Waals surface area contributed by atoms with Crippen molar-refractivity contribution in [3.8, 4) is 34.1 Å². The summed E-state index contributed by atoms with van der Waals surface area (Å²) in [6.07, 6.45) is 7.57. The first kappa shape index (κ1) is 22.7. The van der Waals surface area contributed by atoms with Crippen molar-refractivity contribution in [2.45, 2.75) is 25.8 Å². The van der Waals surface area contributed by atoms with E-state index in [4.69, 9.17) is 15.5 Å². The summed E-state index contributed by atoms with van der Waals surface area (Å²) in [5.41, 5.74) is 9.78. The Morgan fingerprint density at radius 2 is 1.89 bits per heavy atom. The molecule has 4 aromatic rings. The van der Waals surface area contributed by atoms with Crippen LogP contribution >= 0.6 is 0 Å². The number of likely N-dealkylation sites (tertiary alicyclic amines) is 1. The quantitative estimate of drug-likeness (QED) is 0.471. The molecule has 10 nitrogen and oxygen atoms in total. The highest BCUT2D eigenvalue weighted by Crippen LogP contribution is 2.27. The van der Waals surface area contributed by atoms with E-state index < -0.39 is 0 Å². The summed E-state index contributed by atoms with van der Waals surface area (Å²) >= 11 is 0. The first-order chi connectivity index (χ1) is 16.9. The largest absolute Gasteiger partial charge is 0.497 e. The van der Waals surface area contributed by atoms with Crippen molar-refractivity contribution in [1.82, 2.24) is 34.4 Å². The fraction of sp³-hybridized carbons (Fsp3) is 0.320. The Bertz CT molecular complexity index is 1420. The molecule has 0 amide bonds. The first-order valence-electron chi connectivity index (χ1n) is 11.5. The molecule has 10 heteroatoms.